The summed E-state index contributed by atoms with van der Waals surface area (Å²) in [6.07, 6.45) is 0.601. The summed E-state index contributed by atoms with van der Waals surface area (Å²) in [5, 5.41) is 9.53. The zero-order valence-electron chi connectivity index (χ0n) is 19.4. The number of nitrogens with two attached hydrogens (primary N) is 3. The van der Waals surface area contributed by atoms with Crippen LogP contribution in [0.3, 0.4) is 0 Å². The lowest BCUT2D eigenvalue weighted by molar-refractivity contribution is -0.169. The number of hydrogen-bond acceptors (Lipinski definition) is 8. The largest absolute Gasteiger partial charge is 0.494 e. The molecule has 186 valence electrons. The average Bonchev–Trinajstić information content (AvgIpc) is 2.83. The van der Waals surface area contributed by atoms with Crippen molar-refractivity contribution in [3.63, 3.8) is 0 Å². The second kappa shape index (κ2) is 14.2. The Morgan fingerprint density at radius 3 is 2.29 bits per heavy atom. The highest BCUT2D eigenvalue weighted by Gasteiger charge is 2.25. The van der Waals surface area contributed by atoms with Gasteiger partial charge in [0.25, 0.3) is 0 Å². The van der Waals surface area contributed by atoms with Crippen LogP contribution < -0.4 is 26.7 Å². The smallest absolute Gasteiger partial charge is 0.248 e. The third-order valence-electron chi connectivity index (χ3n) is 4.96. The number of carbonyl (C=O) groups is 2. The number of carbonyl (C=O) groups excluding carboxylic acids is 2. The summed E-state index contributed by atoms with van der Waals surface area (Å²) in [7, 11) is 0. The first-order chi connectivity index (χ1) is 16.3. The van der Waals surface area contributed by atoms with E-state index in [1.807, 2.05) is 11.8 Å². The van der Waals surface area contributed by atoms with Gasteiger partial charge in [0.05, 0.1) is 19.8 Å². The normalized spacial score (nSPS) is 16.6. The number of benzene rings is 2. The minimum Gasteiger partial charge on any atom is -0.494 e. The van der Waals surface area contributed by atoms with E-state index in [0.29, 0.717) is 55.5 Å². The number of primary amides is 2. The Balaban J connectivity index is 0.000000257. The number of ether oxygens (including phenoxy) is 3. The van der Waals surface area contributed by atoms with Gasteiger partial charge in [0.2, 0.25) is 11.8 Å². The van der Waals surface area contributed by atoms with Crippen LogP contribution in [0.25, 0.3) is 0 Å². The van der Waals surface area contributed by atoms with E-state index in [2.05, 4.69) is 0 Å². The number of amides is 2. The first-order valence-electron chi connectivity index (χ1n) is 11.2. The third-order valence-corrected chi connectivity index (χ3v) is 4.96. The van der Waals surface area contributed by atoms with Crippen molar-refractivity contribution in [3.05, 3.63) is 59.7 Å². The Bertz CT molecular complexity index is 926. The highest BCUT2D eigenvalue weighted by Crippen LogP contribution is 2.19. The molecule has 3 rings (SSSR count). The van der Waals surface area contributed by atoms with E-state index < -0.39 is 18.1 Å². The van der Waals surface area contributed by atoms with Crippen LogP contribution in [0.2, 0.25) is 0 Å². The molecule has 1 aliphatic rings. The fraction of sp³-hybridized carbons (Fsp3) is 0.417. The van der Waals surface area contributed by atoms with Crippen molar-refractivity contribution in [1.29, 1.82) is 0 Å². The lowest BCUT2D eigenvalue weighted by Crippen LogP contribution is -2.49. The maximum absolute atomic E-state index is 11.2. The Morgan fingerprint density at radius 2 is 1.74 bits per heavy atom. The van der Waals surface area contributed by atoms with E-state index in [1.54, 1.807) is 48.5 Å². The van der Waals surface area contributed by atoms with Gasteiger partial charge in [-0.1, -0.05) is 19.1 Å². The van der Waals surface area contributed by atoms with Gasteiger partial charge in [0.15, 0.2) is 12.5 Å². The average molecular weight is 475 g/mol. The molecule has 10 nitrogen and oxygen atoms in total. The molecule has 0 bridgehead atoms. The van der Waals surface area contributed by atoms with Crippen molar-refractivity contribution in [2.75, 3.05) is 32.8 Å². The summed E-state index contributed by atoms with van der Waals surface area (Å²) < 4.78 is 16.3. The van der Waals surface area contributed by atoms with Crippen LogP contribution in [0, 0.1) is 0 Å². The molecule has 10 heteroatoms. The van der Waals surface area contributed by atoms with Crippen molar-refractivity contribution >= 4 is 11.8 Å². The summed E-state index contributed by atoms with van der Waals surface area (Å²) in [4.78, 5) is 24.0. The van der Waals surface area contributed by atoms with E-state index in [-0.39, 0.29) is 6.23 Å². The summed E-state index contributed by atoms with van der Waals surface area (Å²) in [6.45, 7) is 4.74. The minimum atomic E-state index is -0.779. The second-order valence-electron chi connectivity index (χ2n) is 7.58. The van der Waals surface area contributed by atoms with Crippen molar-refractivity contribution < 1.29 is 28.9 Å². The van der Waals surface area contributed by atoms with Crippen LogP contribution in [0.1, 0.15) is 40.5 Å². The van der Waals surface area contributed by atoms with Crippen molar-refractivity contribution in [3.8, 4) is 11.5 Å². The molecule has 2 atom stereocenters. The quantitative estimate of drug-likeness (QED) is 0.371. The van der Waals surface area contributed by atoms with E-state index in [0.717, 1.165) is 12.8 Å². The maximum atomic E-state index is 11.2. The molecule has 0 spiro atoms. The minimum absolute atomic E-state index is 0.170. The molecular weight excluding hydrogens is 440 g/mol. The number of aliphatic hydroxyl groups is 1. The van der Waals surface area contributed by atoms with Gasteiger partial charge in [-0.3, -0.25) is 14.5 Å². The predicted octanol–water partition coefficient (Wildman–Crippen LogP) is 1.06. The van der Waals surface area contributed by atoms with E-state index in [9.17, 15) is 14.7 Å². The van der Waals surface area contributed by atoms with Crippen LogP contribution in [0.5, 0.6) is 11.5 Å². The Hall–Kier alpha value is -3.18. The molecule has 1 aliphatic heterocycles. The predicted molar refractivity (Wildman–Crippen MR) is 127 cm³/mol. The Morgan fingerprint density at radius 1 is 1.12 bits per heavy atom. The highest BCUT2D eigenvalue weighted by molar-refractivity contribution is 5.93. The van der Waals surface area contributed by atoms with Crippen LogP contribution >= 0.6 is 0 Å². The molecule has 2 unspecified atom stereocenters. The maximum Gasteiger partial charge on any atom is 0.248 e. The SMILES string of the molecule is CCC(Oc1cccc(C(N)=O)c1)N1CCOC(O)C1.NCCCOc1cccc(C(N)=O)c1. The summed E-state index contributed by atoms with van der Waals surface area (Å²) >= 11 is 0. The van der Waals surface area contributed by atoms with Gasteiger partial charge in [0, 0.05) is 17.7 Å². The highest BCUT2D eigenvalue weighted by atomic mass is 16.6. The fourth-order valence-electron chi connectivity index (χ4n) is 3.22. The number of hydrogen-bond donors (Lipinski definition) is 4. The van der Waals surface area contributed by atoms with Crippen molar-refractivity contribution in [2.45, 2.75) is 32.3 Å². The van der Waals surface area contributed by atoms with Gasteiger partial charge >= 0.3 is 0 Å². The molecule has 1 fully saturated rings. The van der Waals surface area contributed by atoms with Gasteiger partial charge in [-0.15, -0.1) is 0 Å². The van der Waals surface area contributed by atoms with Gasteiger partial charge < -0.3 is 36.5 Å². The van der Waals surface area contributed by atoms with Crippen molar-refractivity contribution in [2.24, 2.45) is 17.2 Å². The summed E-state index contributed by atoms with van der Waals surface area (Å²) in [6, 6.07) is 13.6. The number of aliphatic hydroxyl groups excluding tert-OH is 1. The van der Waals surface area contributed by atoms with Gasteiger partial charge in [-0.05, 0) is 55.8 Å². The molecule has 2 aromatic rings. The Kier molecular flexibility index (Phi) is 11.3. The van der Waals surface area contributed by atoms with E-state index in [4.69, 9.17) is 31.4 Å². The van der Waals surface area contributed by atoms with E-state index >= 15 is 0 Å². The fourth-order valence-corrected chi connectivity index (χ4v) is 3.22. The number of rotatable bonds is 10. The van der Waals surface area contributed by atoms with Crippen LogP contribution in [0.15, 0.2) is 48.5 Å². The molecular formula is C24H34N4O6. The van der Waals surface area contributed by atoms with Crippen LogP contribution in [0.4, 0.5) is 0 Å². The molecule has 1 heterocycles. The molecule has 7 N–H and O–H groups in total. The van der Waals surface area contributed by atoms with Gasteiger partial charge in [0.1, 0.15) is 11.5 Å². The standard InChI is InChI=1S/C14H20N2O4.C10H14N2O2/c1-2-12(16-6-7-19-13(17)9-16)20-11-5-3-4-10(8-11)14(15)18;11-5-2-6-14-9-4-1-3-8(7-9)10(12)13/h3-5,8,12-13,17H,2,6-7,9H2,1H3,(H2,15,18);1,3-4,7H,2,5-6,11H2,(H2,12,13). The second-order valence-corrected chi connectivity index (χ2v) is 7.58. The first kappa shape index (κ1) is 27.1. The van der Waals surface area contributed by atoms with Gasteiger partial charge in [-0.2, -0.15) is 0 Å². The Labute approximate surface area is 199 Å². The summed E-state index contributed by atoms with van der Waals surface area (Å²) in [5.74, 6) is 0.309. The molecule has 0 radical (unpaired) electrons. The molecule has 1 saturated heterocycles. The van der Waals surface area contributed by atoms with Gasteiger partial charge in [-0.25, -0.2) is 0 Å². The topological polar surface area (TPSA) is 163 Å². The molecule has 0 aliphatic carbocycles. The molecule has 2 amide bonds. The van der Waals surface area contributed by atoms with Crippen LogP contribution in [-0.4, -0.2) is 67.2 Å². The van der Waals surface area contributed by atoms with E-state index in [1.165, 1.54) is 0 Å². The lowest BCUT2D eigenvalue weighted by Gasteiger charge is -2.35. The van der Waals surface area contributed by atoms with Crippen LogP contribution in [-0.2, 0) is 4.74 Å². The molecule has 0 aromatic heterocycles. The third kappa shape index (κ3) is 8.99. The molecule has 0 saturated carbocycles. The lowest BCUT2D eigenvalue weighted by atomic mass is 10.2. The number of morpholine rings is 1. The zero-order chi connectivity index (χ0) is 24.9. The van der Waals surface area contributed by atoms with Crippen molar-refractivity contribution in [1.82, 2.24) is 4.90 Å². The first-order valence-corrected chi connectivity index (χ1v) is 11.2. The number of β-amino-alcohol motifs (C(OH)–C–C–N with tert-alkyl or cyclic N) is 1. The molecule has 2 aromatic carbocycles. The zero-order valence-corrected chi connectivity index (χ0v) is 19.4. The molecule has 34 heavy (non-hydrogen) atoms. The monoisotopic (exact) mass is 474 g/mol. The summed E-state index contributed by atoms with van der Waals surface area (Å²) in [5.41, 5.74) is 16.6. The number of nitrogens with zero attached hydrogens (tertiary/aromatic N) is 1.